The molecule has 3 nitrogen and oxygen atoms in total. The Bertz CT molecular complexity index is 364. The number of pyridine rings is 1. The summed E-state index contributed by atoms with van der Waals surface area (Å²) in [6, 6.07) is 4.13. The van der Waals surface area contributed by atoms with Gasteiger partial charge in [0.1, 0.15) is 5.82 Å². The van der Waals surface area contributed by atoms with Crippen LogP contribution in [0.4, 0.5) is 4.39 Å². The Morgan fingerprint density at radius 1 is 1.58 bits per heavy atom. The molecule has 0 aromatic carbocycles. The van der Waals surface area contributed by atoms with Gasteiger partial charge < -0.3 is 4.57 Å². The summed E-state index contributed by atoms with van der Waals surface area (Å²) >= 11 is 0. The van der Waals surface area contributed by atoms with Gasteiger partial charge in [-0.1, -0.05) is 0 Å². The SMILES string of the molecule is N#CCCn1cc(F)ccc1=O. The smallest absolute Gasteiger partial charge is 0.250 e. The Morgan fingerprint density at radius 3 is 3.00 bits per heavy atom. The van der Waals surface area contributed by atoms with E-state index in [9.17, 15) is 9.18 Å². The number of hydrogen-bond acceptors (Lipinski definition) is 2. The molecule has 0 atom stereocenters. The molecule has 1 aromatic rings. The first-order chi connectivity index (χ1) is 5.74. The number of halogens is 1. The highest BCUT2D eigenvalue weighted by atomic mass is 19.1. The third-order valence-electron chi connectivity index (χ3n) is 1.41. The second-order valence-corrected chi connectivity index (χ2v) is 2.29. The summed E-state index contributed by atoms with van der Waals surface area (Å²) < 4.78 is 13.7. The fourth-order valence-electron chi connectivity index (χ4n) is 0.847. The van der Waals surface area contributed by atoms with Gasteiger partial charge >= 0.3 is 0 Å². The number of aromatic nitrogens is 1. The van der Waals surface area contributed by atoms with E-state index in [0.717, 1.165) is 18.3 Å². The molecular formula is C8H7FN2O. The zero-order valence-corrected chi connectivity index (χ0v) is 6.33. The topological polar surface area (TPSA) is 45.8 Å². The van der Waals surface area contributed by atoms with Crippen LogP contribution in [-0.4, -0.2) is 4.57 Å². The minimum Gasteiger partial charge on any atom is -0.312 e. The molecule has 12 heavy (non-hydrogen) atoms. The molecule has 1 rings (SSSR count). The quantitative estimate of drug-likeness (QED) is 0.655. The van der Waals surface area contributed by atoms with Crippen LogP contribution >= 0.6 is 0 Å². The molecule has 0 fully saturated rings. The van der Waals surface area contributed by atoms with Crippen LogP contribution in [0.2, 0.25) is 0 Å². The monoisotopic (exact) mass is 166 g/mol. The summed E-state index contributed by atoms with van der Waals surface area (Å²) in [5.74, 6) is -0.465. The molecule has 0 saturated heterocycles. The molecule has 0 aliphatic carbocycles. The number of nitrogens with zero attached hydrogens (tertiary/aromatic N) is 2. The molecule has 0 radical (unpaired) electrons. The number of nitriles is 1. The Kier molecular flexibility index (Phi) is 2.59. The van der Waals surface area contributed by atoms with E-state index in [1.54, 1.807) is 0 Å². The molecule has 0 aliphatic heterocycles. The van der Waals surface area contributed by atoms with E-state index >= 15 is 0 Å². The maximum Gasteiger partial charge on any atom is 0.250 e. The predicted octanol–water partition coefficient (Wildman–Crippen LogP) is 0.901. The van der Waals surface area contributed by atoms with Crippen molar-refractivity contribution in [2.45, 2.75) is 13.0 Å². The van der Waals surface area contributed by atoms with Crippen LogP contribution < -0.4 is 5.56 Å². The molecule has 0 N–H and O–H groups in total. The summed E-state index contributed by atoms with van der Waals surface area (Å²) in [7, 11) is 0. The van der Waals surface area contributed by atoms with Crippen molar-refractivity contribution in [2.24, 2.45) is 0 Å². The molecule has 0 saturated carbocycles. The lowest BCUT2D eigenvalue weighted by Crippen LogP contribution is -2.18. The molecule has 62 valence electrons. The van der Waals surface area contributed by atoms with Gasteiger partial charge in [-0.3, -0.25) is 4.79 Å². The summed E-state index contributed by atoms with van der Waals surface area (Å²) in [5.41, 5.74) is -0.286. The second-order valence-electron chi connectivity index (χ2n) is 2.29. The average Bonchev–Trinajstić information content (AvgIpc) is 2.07. The molecule has 0 spiro atoms. The maximum absolute atomic E-state index is 12.5. The van der Waals surface area contributed by atoms with E-state index < -0.39 is 5.82 Å². The van der Waals surface area contributed by atoms with Crippen LogP contribution in [0.25, 0.3) is 0 Å². The minimum absolute atomic E-state index is 0.212. The van der Waals surface area contributed by atoms with Gasteiger partial charge in [0.2, 0.25) is 0 Å². The molecular weight excluding hydrogens is 159 g/mol. The predicted molar refractivity (Wildman–Crippen MR) is 40.9 cm³/mol. The lowest BCUT2D eigenvalue weighted by Gasteiger charge is -2.00. The van der Waals surface area contributed by atoms with Crippen molar-refractivity contribution in [3.05, 3.63) is 34.5 Å². The fraction of sp³-hybridized carbons (Fsp3) is 0.250. The average molecular weight is 166 g/mol. The molecule has 0 amide bonds. The van der Waals surface area contributed by atoms with Crippen molar-refractivity contribution >= 4 is 0 Å². The van der Waals surface area contributed by atoms with Gasteiger partial charge in [0.25, 0.3) is 5.56 Å². The van der Waals surface area contributed by atoms with Gasteiger partial charge in [-0.15, -0.1) is 0 Å². The summed E-state index contributed by atoms with van der Waals surface area (Å²) in [6.45, 7) is 0.243. The first kappa shape index (κ1) is 8.47. The van der Waals surface area contributed by atoms with Gasteiger partial charge in [-0.25, -0.2) is 4.39 Å². The second kappa shape index (κ2) is 3.67. The van der Waals surface area contributed by atoms with Crippen LogP contribution in [0.15, 0.2) is 23.1 Å². The van der Waals surface area contributed by atoms with E-state index in [0.29, 0.717) is 0 Å². The van der Waals surface area contributed by atoms with Crippen molar-refractivity contribution in [1.29, 1.82) is 5.26 Å². The molecule has 1 aromatic heterocycles. The van der Waals surface area contributed by atoms with E-state index in [4.69, 9.17) is 5.26 Å². The van der Waals surface area contributed by atoms with Gasteiger partial charge in [-0.2, -0.15) is 5.26 Å². The summed E-state index contributed by atoms with van der Waals surface area (Å²) in [6.07, 6.45) is 1.31. The van der Waals surface area contributed by atoms with Crippen molar-refractivity contribution in [3.63, 3.8) is 0 Å². The van der Waals surface area contributed by atoms with Crippen molar-refractivity contribution < 1.29 is 4.39 Å². The fourth-order valence-corrected chi connectivity index (χ4v) is 0.847. The van der Waals surface area contributed by atoms with Gasteiger partial charge in [-0.05, 0) is 6.07 Å². The zero-order valence-electron chi connectivity index (χ0n) is 6.33. The summed E-state index contributed by atoms with van der Waals surface area (Å²) in [4.78, 5) is 11.0. The standard InChI is InChI=1S/C8H7FN2O/c9-7-2-3-8(12)11(6-7)5-1-4-10/h2-3,6H,1,5H2. The highest BCUT2D eigenvalue weighted by molar-refractivity contribution is 4.96. The molecule has 0 unspecified atom stereocenters. The number of rotatable bonds is 2. The Balaban J connectivity index is 2.92. The van der Waals surface area contributed by atoms with Crippen LogP contribution in [-0.2, 0) is 6.54 Å². The first-order valence-corrected chi connectivity index (χ1v) is 3.47. The normalized spacial score (nSPS) is 9.33. The van der Waals surface area contributed by atoms with Gasteiger partial charge in [0.05, 0.1) is 12.5 Å². The van der Waals surface area contributed by atoms with Crippen LogP contribution in [0.3, 0.4) is 0 Å². The van der Waals surface area contributed by atoms with Gasteiger partial charge in [0, 0.05) is 18.8 Å². The van der Waals surface area contributed by atoms with Crippen LogP contribution in [0.5, 0.6) is 0 Å². The van der Waals surface area contributed by atoms with Gasteiger partial charge in [0.15, 0.2) is 0 Å². The van der Waals surface area contributed by atoms with E-state index in [1.807, 2.05) is 6.07 Å². The molecule has 0 bridgehead atoms. The number of hydrogen-bond donors (Lipinski definition) is 0. The van der Waals surface area contributed by atoms with E-state index in [-0.39, 0.29) is 18.5 Å². The van der Waals surface area contributed by atoms with Crippen molar-refractivity contribution in [2.75, 3.05) is 0 Å². The molecule has 0 aliphatic rings. The van der Waals surface area contributed by atoms with Crippen LogP contribution in [0, 0.1) is 17.1 Å². The Labute approximate surface area is 68.7 Å². The van der Waals surface area contributed by atoms with Crippen molar-refractivity contribution in [1.82, 2.24) is 4.57 Å². The molecule has 1 heterocycles. The minimum atomic E-state index is -0.465. The maximum atomic E-state index is 12.5. The Hall–Kier alpha value is -1.63. The summed E-state index contributed by atoms with van der Waals surface area (Å²) in [5, 5.41) is 8.23. The third-order valence-corrected chi connectivity index (χ3v) is 1.41. The highest BCUT2D eigenvalue weighted by Gasteiger charge is 1.96. The lowest BCUT2D eigenvalue weighted by atomic mass is 10.4. The number of aryl methyl sites for hydroxylation is 1. The van der Waals surface area contributed by atoms with Crippen molar-refractivity contribution in [3.8, 4) is 6.07 Å². The largest absolute Gasteiger partial charge is 0.312 e. The van der Waals surface area contributed by atoms with E-state index in [2.05, 4.69) is 0 Å². The third kappa shape index (κ3) is 1.92. The Morgan fingerprint density at radius 2 is 2.33 bits per heavy atom. The first-order valence-electron chi connectivity index (χ1n) is 3.47. The zero-order chi connectivity index (χ0) is 8.97. The van der Waals surface area contributed by atoms with E-state index in [1.165, 1.54) is 4.57 Å². The molecule has 4 heteroatoms. The van der Waals surface area contributed by atoms with Crippen LogP contribution in [0.1, 0.15) is 6.42 Å². The lowest BCUT2D eigenvalue weighted by molar-refractivity contribution is 0.583. The highest BCUT2D eigenvalue weighted by Crippen LogP contribution is 1.92.